The van der Waals surface area contributed by atoms with Crippen LogP contribution in [-0.2, 0) is 6.54 Å². The van der Waals surface area contributed by atoms with Crippen LogP contribution in [0.4, 0.5) is 0 Å². The van der Waals surface area contributed by atoms with Crippen LogP contribution in [0.3, 0.4) is 0 Å². The molecule has 0 saturated carbocycles. The summed E-state index contributed by atoms with van der Waals surface area (Å²) in [6.07, 6.45) is 0. The lowest BCUT2D eigenvalue weighted by atomic mass is 10.0. The summed E-state index contributed by atoms with van der Waals surface area (Å²) in [6.45, 7) is 0.594. The molecule has 0 aliphatic heterocycles. The Morgan fingerprint density at radius 3 is 2.75 bits per heavy atom. The molecule has 0 aliphatic rings. The first-order chi connectivity index (χ1) is 5.59. The Balaban J connectivity index is 2.90. The molecule has 0 aromatic carbocycles. The highest BCUT2D eigenvalue weighted by Gasteiger charge is 2.03. The van der Waals surface area contributed by atoms with Crippen molar-refractivity contribution in [2.75, 3.05) is 14.1 Å². The molecule has 0 aliphatic carbocycles. The quantitative estimate of drug-likeness (QED) is 0.603. The van der Waals surface area contributed by atoms with Gasteiger partial charge in [-0.05, 0) is 31.8 Å². The highest BCUT2D eigenvalue weighted by atomic mass is 16.3. The predicted octanol–water partition coefficient (Wildman–Crippen LogP) is -0.357. The third-order valence-electron chi connectivity index (χ3n) is 1.44. The molecule has 0 bridgehead atoms. The average molecular weight is 162 g/mol. The van der Waals surface area contributed by atoms with E-state index >= 15 is 0 Å². The molecule has 62 valence electrons. The maximum atomic E-state index is 9.34. The maximum Gasteiger partial charge on any atom is 0.141 e. The van der Waals surface area contributed by atoms with Crippen molar-refractivity contribution in [3.63, 3.8) is 0 Å². The van der Waals surface area contributed by atoms with Crippen LogP contribution in [0, 0.1) is 0 Å². The van der Waals surface area contributed by atoms with Gasteiger partial charge in [-0.2, -0.15) is 0 Å². The second kappa shape index (κ2) is 3.58. The lowest BCUT2D eigenvalue weighted by Gasteiger charge is -2.10. The summed E-state index contributed by atoms with van der Waals surface area (Å²) in [6, 6.07) is 3.13. The van der Waals surface area contributed by atoms with Gasteiger partial charge in [-0.15, -0.1) is 0 Å². The van der Waals surface area contributed by atoms with Crippen molar-refractivity contribution >= 4 is 13.4 Å². The monoisotopic (exact) mass is 162 g/mol. The fraction of sp³-hybridized carbons (Fsp3) is 0.375. The van der Waals surface area contributed by atoms with Gasteiger partial charge in [0.2, 0.25) is 0 Å². The Labute approximate surface area is 73.5 Å². The zero-order valence-electron chi connectivity index (χ0n) is 7.28. The van der Waals surface area contributed by atoms with Gasteiger partial charge < -0.3 is 10.0 Å². The topological polar surface area (TPSA) is 36.4 Å². The van der Waals surface area contributed by atoms with Gasteiger partial charge in [-0.25, -0.2) is 0 Å². The van der Waals surface area contributed by atoms with E-state index in [-0.39, 0.29) is 5.75 Å². The van der Waals surface area contributed by atoms with Crippen LogP contribution < -0.4 is 5.59 Å². The van der Waals surface area contributed by atoms with Crippen molar-refractivity contribution < 1.29 is 5.11 Å². The number of rotatable bonds is 2. The van der Waals surface area contributed by atoms with E-state index in [1.807, 2.05) is 19.0 Å². The zero-order chi connectivity index (χ0) is 9.14. The molecule has 0 spiro atoms. The fourth-order valence-corrected chi connectivity index (χ4v) is 0.927. The van der Waals surface area contributed by atoms with Crippen molar-refractivity contribution in [3.8, 4) is 5.75 Å². The highest BCUT2D eigenvalue weighted by Crippen LogP contribution is 2.12. The predicted molar refractivity (Wildman–Crippen MR) is 48.7 cm³/mol. The Kier molecular flexibility index (Phi) is 2.71. The summed E-state index contributed by atoms with van der Waals surface area (Å²) in [4.78, 5) is 5.92. The van der Waals surface area contributed by atoms with E-state index in [2.05, 4.69) is 4.98 Å². The average Bonchev–Trinajstić information content (AvgIpc) is 1.96. The molecule has 2 radical (unpaired) electrons. The minimum atomic E-state index is 0.193. The van der Waals surface area contributed by atoms with E-state index in [0.29, 0.717) is 17.8 Å². The highest BCUT2D eigenvalue weighted by molar-refractivity contribution is 6.30. The summed E-state index contributed by atoms with van der Waals surface area (Å²) in [5, 5.41) is 9.34. The second-order valence-corrected chi connectivity index (χ2v) is 2.94. The molecule has 3 nitrogen and oxygen atoms in total. The van der Waals surface area contributed by atoms with E-state index in [9.17, 15) is 5.11 Å². The standard InChI is InChI=1S/C8H11BN2O/c1-11(2)5-6-7(12)3-4-8(9)10-6/h3-4,12H,5H2,1-2H3. The van der Waals surface area contributed by atoms with Crippen LogP contribution in [0.1, 0.15) is 5.69 Å². The smallest absolute Gasteiger partial charge is 0.141 e. The Morgan fingerprint density at radius 1 is 1.50 bits per heavy atom. The number of hydrogen-bond donors (Lipinski definition) is 1. The van der Waals surface area contributed by atoms with Crippen molar-refractivity contribution in [1.29, 1.82) is 0 Å². The van der Waals surface area contributed by atoms with Gasteiger partial charge in [0, 0.05) is 6.54 Å². The van der Waals surface area contributed by atoms with E-state index in [0.717, 1.165) is 0 Å². The SMILES string of the molecule is [B]c1ccc(O)c(CN(C)C)n1. The second-order valence-electron chi connectivity index (χ2n) is 2.94. The van der Waals surface area contributed by atoms with Crippen molar-refractivity contribution in [1.82, 2.24) is 9.88 Å². The molecule has 1 aromatic rings. The van der Waals surface area contributed by atoms with Gasteiger partial charge in [0.15, 0.2) is 0 Å². The Hall–Kier alpha value is -1.03. The molecule has 0 fully saturated rings. The van der Waals surface area contributed by atoms with E-state index in [1.165, 1.54) is 0 Å². The van der Waals surface area contributed by atoms with Gasteiger partial charge in [-0.1, -0.05) is 0 Å². The number of hydrogen-bond acceptors (Lipinski definition) is 3. The first-order valence-corrected chi connectivity index (χ1v) is 3.68. The van der Waals surface area contributed by atoms with Crippen LogP contribution >= 0.6 is 0 Å². The fourth-order valence-electron chi connectivity index (χ4n) is 0.927. The zero-order valence-corrected chi connectivity index (χ0v) is 7.28. The third kappa shape index (κ3) is 2.24. The van der Waals surface area contributed by atoms with Crippen LogP contribution in [0.5, 0.6) is 5.75 Å². The van der Waals surface area contributed by atoms with E-state index in [4.69, 9.17) is 7.85 Å². The first kappa shape index (κ1) is 9.07. The first-order valence-electron chi connectivity index (χ1n) is 3.68. The van der Waals surface area contributed by atoms with E-state index < -0.39 is 0 Å². The minimum absolute atomic E-state index is 0.193. The molecule has 0 unspecified atom stereocenters. The van der Waals surface area contributed by atoms with Crippen molar-refractivity contribution in [2.45, 2.75) is 6.54 Å². The molecular weight excluding hydrogens is 151 g/mol. The molecule has 0 saturated heterocycles. The van der Waals surface area contributed by atoms with Crippen LogP contribution in [0.15, 0.2) is 12.1 Å². The molecule has 1 rings (SSSR count). The van der Waals surface area contributed by atoms with Gasteiger partial charge in [-0.3, -0.25) is 4.98 Å². The van der Waals surface area contributed by atoms with Gasteiger partial charge in [0.05, 0.1) is 5.69 Å². The van der Waals surface area contributed by atoms with Crippen LogP contribution in [0.2, 0.25) is 0 Å². The molecule has 1 heterocycles. The molecule has 0 atom stereocenters. The Bertz CT molecular complexity index is 276. The lowest BCUT2D eigenvalue weighted by Crippen LogP contribution is -2.16. The number of nitrogens with zero attached hydrogens (tertiary/aromatic N) is 2. The minimum Gasteiger partial charge on any atom is -0.506 e. The van der Waals surface area contributed by atoms with E-state index in [1.54, 1.807) is 12.1 Å². The Morgan fingerprint density at radius 2 is 2.17 bits per heavy atom. The third-order valence-corrected chi connectivity index (χ3v) is 1.44. The summed E-state index contributed by atoms with van der Waals surface area (Å²) in [7, 11) is 9.28. The van der Waals surface area contributed by atoms with Crippen molar-refractivity contribution in [2.24, 2.45) is 0 Å². The number of pyridine rings is 1. The molecule has 4 heteroatoms. The molecular formula is C8H11BN2O. The van der Waals surface area contributed by atoms with Crippen LogP contribution in [-0.4, -0.2) is 36.9 Å². The maximum absolute atomic E-state index is 9.34. The van der Waals surface area contributed by atoms with Gasteiger partial charge >= 0.3 is 0 Å². The normalized spacial score (nSPS) is 10.6. The number of aromatic nitrogens is 1. The summed E-state index contributed by atoms with van der Waals surface area (Å²) in [5.74, 6) is 0.193. The number of aromatic hydroxyl groups is 1. The molecule has 0 amide bonds. The van der Waals surface area contributed by atoms with Gasteiger partial charge in [0.1, 0.15) is 13.6 Å². The summed E-state index contributed by atoms with van der Waals surface area (Å²) >= 11 is 0. The summed E-state index contributed by atoms with van der Waals surface area (Å²) in [5.41, 5.74) is 1.05. The largest absolute Gasteiger partial charge is 0.506 e. The lowest BCUT2D eigenvalue weighted by molar-refractivity contribution is 0.379. The summed E-state index contributed by atoms with van der Waals surface area (Å²) < 4.78 is 0. The molecule has 1 N–H and O–H groups in total. The molecule has 12 heavy (non-hydrogen) atoms. The van der Waals surface area contributed by atoms with Gasteiger partial charge in [0.25, 0.3) is 0 Å². The molecule has 1 aromatic heterocycles. The van der Waals surface area contributed by atoms with Crippen molar-refractivity contribution in [3.05, 3.63) is 17.8 Å². The van der Waals surface area contributed by atoms with Crippen LogP contribution in [0.25, 0.3) is 0 Å².